The van der Waals surface area contributed by atoms with E-state index in [0.717, 1.165) is 56.7 Å². The molecule has 1 aromatic heterocycles. The Balaban J connectivity index is 1.54. The number of aromatic nitrogens is 2. The summed E-state index contributed by atoms with van der Waals surface area (Å²) in [6, 6.07) is 0.508. The van der Waals surface area contributed by atoms with Gasteiger partial charge >= 0.3 is 0 Å². The van der Waals surface area contributed by atoms with E-state index in [1.165, 1.54) is 12.8 Å². The molecule has 1 aromatic rings. The van der Waals surface area contributed by atoms with E-state index in [0.29, 0.717) is 12.0 Å². The highest BCUT2D eigenvalue weighted by Crippen LogP contribution is 2.33. The van der Waals surface area contributed by atoms with Crippen molar-refractivity contribution < 1.29 is 9.26 Å². The molecule has 3 rings (SSSR count). The maximum absolute atomic E-state index is 5.39. The van der Waals surface area contributed by atoms with Crippen LogP contribution in [0.1, 0.15) is 37.9 Å². The molecule has 0 amide bonds. The van der Waals surface area contributed by atoms with Crippen molar-refractivity contribution in [1.29, 1.82) is 0 Å². The lowest BCUT2D eigenvalue weighted by Crippen LogP contribution is -2.33. The topological polar surface area (TPSA) is 60.2 Å². The molecule has 2 heterocycles. The van der Waals surface area contributed by atoms with Crippen molar-refractivity contribution in [1.82, 2.24) is 15.5 Å². The molecule has 0 radical (unpaired) electrons. The Morgan fingerprint density at radius 3 is 2.95 bits per heavy atom. The van der Waals surface area contributed by atoms with E-state index in [2.05, 4.69) is 22.4 Å². The Hall–Kier alpha value is -0.940. The van der Waals surface area contributed by atoms with Gasteiger partial charge in [-0.05, 0) is 37.6 Å². The molecule has 2 unspecified atom stereocenters. The molecular weight excluding hydrogens is 242 g/mol. The molecule has 1 aliphatic carbocycles. The van der Waals surface area contributed by atoms with E-state index in [1.807, 2.05) is 0 Å². The van der Waals surface area contributed by atoms with Crippen LogP contribution in [0, 0.1) is 11.8 Å². The first-order valence-electron chi connectivity index (χ1n) is 7.47. The maximum atomic E-state index is 5.39. The third-order valence-corrected chi connectivity index (χ3v) is 4.06. The van der Waals surface area contributed by atoms with Crippen LogP contribution in [0.5, 0.6) is 0 Å². The summed E-state index contributed by atoms with van der Waals surface area (Å²) in [4.78, 5) is 4.53. The third kappa shape index (κ3) is 3.54. The van der Waals surface area contributed by atoms with Crippen LogP contribution in [0.4, 0.5) is 0 Å². The number of likely N-dealkylation sites (N-methyl/N-ethyl adjacent to an activating group) is 1. The predicted octanol–water partition coefficient (Wildman–Crippen LogP) is 1.58. The Labute approximate surface area is 114 Å². The van der Waals surface area contributed by atoms with Crippen LogP contribution in [-0.2, 0) is 17.6 Å². The van der Waals surface area contributed by atoms with Gasteiger partial charge in [-0.1, -0.05) is 12.1 Å². The van der Waals surface area contributed by atoms with Crippen LogP contribution in [0.25, 0.3) is 0 Å². The van der Waals surface area contributed by atoms with Crippen LogP contribution >= 0.6 is 0 Å². The van der Waals surface area contributed by atoms with Gasteiger partial charge < -0.3 is 14.6 Å². The zero-order chi connectivity index (χ0) is 13.1. The highest BCUT2D eigenvalue weighted by atomic mass is 16.5. The molecule has 1 aliphatic heterocycles. The lowest BCUT2D eigenvalue weighted by molar-refractivity contribution is 0.185. The SMILES string of the molecule is CCNC(Cc1nc(CC2CCOC2)no1)C1CC1. The minimum atomic E-state index is 0.508. The fourth-order valence-electron chi connectivity index (χ4n) is 2.81. The minimum Gasteiger partial charge on any atom is -0.381 e. The van der Waals surface area contributed by atoms with Gasteiger partial charge in [0.05, 0.1) is 0 Å². The van der Waals surface area contributed by atoms with Gasteiger partial charge in [-0.25, -0.2) is 0 Å². The van der Waals surface area contributed by atoms with Crippen molar-refractivity contribution in [2.45, 2.75) is 45.1 Å². The lowest BCUT2D eigenvalue weighted by atomic mass is 10.1. The second kappa shape index (κ2) is 6.01. The molecular formula is C14H23N3O2. The molecule has 1 saturated heterocycles. The monoisotopic (exact) mass is 265 g/mol. The summed E-state index contributed by atoms with van der Waals surface area (Å²) >= 11 is 0. The molecule has 0 spiro atoms. The molecule has 2 fully saturated rings. The number of nitrogens with one attached hydrogen (secondary N) is 1. The molecule has 2 atom stereocenters. The number of hydrogen-bond acceptors (Lipinski definition) is 5. The highest BCUT2D eigenvalue weighted by molar-refractivity contribution is 4.96. The van der Waals surface area contributed by atoms with Crippen LogP contribution < -0.4 is 5.32 Å². The van der Waals surface area contributed by atoms with E-state index in [4.69, 9.17) is 9.26 Å². The molecule has 19 heavy (non-hydrogen) atoms. The van der Waals surface area contributed by atoms with Crippen molar-refractivity contribution in [2.75, 3.05) is 19.8 Å². The average molecular weight is 265 g/mol. The predicted molar refractivity (Wildman–Crippen MR) is 70.8 cm³/mol. The summed E-state index contributed by atoms with van der Waals surface area (Å²) in [6.07, 6.45) is 5.54. The standard InChI is InChI=1S/C14H23N3O2/c1-2-15-12(11-3-4-11)8-14-16-13(17-19-14)7-10-5-6-18-9-10/h10-12,15H,2-9H2,1H3. The largest absolute Gasteiger partial charge is 0.381 e. The van der Waals surface area contributed by atoms with Crippen molar-refractivity contribution in [3.8, 4) is 0 Å². The number of rotatable bonds is 7. The van der Waals surface area contributed by atoms with Gasteiger partial charge in [0, 0.05) is 32.1 Å². The first kappa shape index (κ1) is 13.1. The van der Waals surface area contributed by atoms with Crippen molar-refractivity contribution >= 4 is 0 Å². The van der Waals surface area contributed by atoms with Crippen LogP contribution in [0.3, 0.4) is 0 Å². The Kier molecular flexibility index (Phi) is 4.13. The molecule has 0 bridgehead atoms. The minimum absolute atomic E-state index is 0.508. The fraction of sp³-hybridized carbons (Fsp3) is 0.857. The molecule has 0 aromatic carbocycles. The fourth-order valence-corrected chi connectivity index (χ4v) is 2.81. The molecule has 1 saturated carbocycles. The van der Waals surface area contributed by atoms with Crippen molar-refractivity contribution in [3.63, 3.8) is 0 Å². The van der Waals surface area contributed by atoms with E-state index >= 15 is 0 Å². The van der Waals surface area contributed by atoms with Gasteiger partial charge in [0.25, 0.3) is 0 Å². The van der Waals surface area contributed by atoms with E-state index < -0.39 is 0 Å². The normalized spacial score (nSPS) is 24.8. The summed E-state index contributed by atoms with van der Waals surface area (Å²) in [5.41, 5.74) is 0. The van der Waals surface area contributed by atoms with Gasteiger partial charge in [-0.15, -0.1) is 0 Å². The van der Waals surface area contributed by atoms with Gasteiger partial charge in [0.15, 0.2) is 5.82 Å². The Morgan fingerprint density at radius 1 is 1.37 bits per heavy atom. The zero-order valence-electron chi connectivity index (χ0n) is 11.6. The van der Waals surface area contributed by atoms with E-state index in [1.54, 1.807) is 0 Å². The molecule has 106 valence electrons. The van der Waals surface area contributed by atoms with Gasteiger partial charge in [0.1, 0.15) is 0 Å². The number of hydrogen-bond donors (Lipinski definition) is 1. The molecule has 5 nitrogen and oxygen atoms in total. The molecule has 5 heteroatoms. The lowest BCUT2D eigenvalue weighted by Gasteiger charge is -2.14. The maximum Gasteiger partial charge on any atom is 0.228 e. The third-order valence-electron chi connectivity index (χ3n) is 4.06. The van der Waals surface area contributed by atoms with Crippen LogP contribution in [0.2, 0.25) is 0 Å². The van der Waals surface area contributed by atoms with E-state index in [-0.39, 0.29) is 0 Å². The summed E-state index contributed by atoms with van der Waals surface area (Å²) < 4.78 is 10.8. The van der Waals surface area contributed by atoms with Gasteiger partial charge in [-0.3, -0.25) is 0 Å². The first-order chi connectivity index (χ1) is 9.35. The van der Waals surface area contributed by atoms with Crippen molar-refractivity contribution in [3.05, 3.63) is 11.7 Å². The van der Waals surface area contributed by atoms with E-state index in [9.17, 15) is 0 Å². The Bertz CT molecular complexity index is 397. The highest BCUT2D eigenvalue weighted by Gasteiger charge is 2.32. The molecule has 2 aliphatic rings. The summed E-state index contributed by atoms with van der Waals surface area (Å²) in [5, 5.41) is 7.63. The quantitative estimate of drug-likeness (QED) is 0.811. The van der Waals surface area contributed by atoms with Gasteiger partial charge in [-0.2, -0.15) is 4.98 Å². The van der Waals surface area contributed by atoms with Crippen LogP contribution in [0.15, 0.2) is 4.52 Å². The second-order valence-electron chi connectivity index (χ2n) is 5.74. The average Bonchev–Trinajstić information content (AvgIpc) is 2.96. The number of ether oxygens (including phenoxy) is 1. The van der Waals surface area contributed by atoms with Crippen LogP contribution in [-0.4, -0.2) is 35.9 Å². The van der Waals surface area contributed by atoms with Gasteiger partial charge in [0.2, 0.25) is 5.89 Å². The first-order valence-corrected chi connectivity index (χ1v) is 7.47. The second-order valence-corrected chi connectivity index (χ2v) is 5.74. The summed E-state index contributed by atoms with van der Waals surface area (Å²) in [6.45, 7) is 4.86. The number of nitrogens with zero attached hydrogens (tertiary/aromatic N) is 2. The Morgan fingerprint density at radius 2 is 2.26 bits per heavy atom. The zero-order valence-corrected chi connectivity index (χ0v) is 11.6. The summed E-state index contributed by atoms with van der Waals surface area (Å²) in [5.74, 6) is 3.00. The smallest absolute Gasteiger partial charge is 0.228 e. The molecule has 1 N–H and O–H groups in total. The summed E-state index contributed by atoms with van der Waals surface area (Å²) in [7, 11) is 0. The van der Waals surface area contributed by atoms with Crippen molar-refractivity contribution in [2.24, 2.45) is 11.8 Å².